The van der Waals surface area contributed by atoms with Crippen LogP contribution in [-0.4, -0.2) is 16.6 Å². The van der Waals surface area contributed by atoms with Crippen LogP contribution in [0.4, 0.5) is 0 Å². The molecule has 1 heterocycles. The summed E-state index contributed by atoms with van der Waals surface area (Å²) in [7, 11) is 0. The predicted molar refractivity (Wildman–Crippen MR) is 68.7 cm³/mol. The molecule has 1 saturated carbocycles. The quantitative estimate of drug-likeness (QED) is 0.842. The molecule has 0 unspecified atom stereocenters. The second-order valence-corrected chi connectivity index (χ2v) is 5.26. The maximum absolute atomic E-state index is 9.13. The van der Waals surface area contributed by atoms with Crippen LogP contribution in [-0.2, 0) is 6.54 Å². The Bertz CT molecular complexity index is 329. The first-order valence-corrected chi connectivity index (χ1v) is 6.58. The average Bonchev–Trinajstić information content (AvgIpc) is 2.34. The molecule has 2 rings (SSSR count). The third kappa shape index (κ3) is 4.00. The summed E-state index contributed by atoms with van der Waals surface area (Å²) < 4.78 is 0. The van der Waals surface area contributed by atoms with Crippen molar-refractivity contribution in [3.63, 3.8) is 0 Å². The first-order valence-electron chi connectivity index (χ1n) is 6.58. The summed E-state index contributed by atoms with van der Waals surface area (Å²) in [6.45, 7) is 4.24. The van der Waals surface area contributed by atoms with Crippen molar-refractivity contribution in [1.29, 1.82) is 0 Å². The maximum atomic E-state index is 9.13. The van der Waals surface area contributed by atoms with Gasteiger partial charge in [0.25, 0.3) is 0 Å². The lowest BCUT2D eigenvalue weighted by molar-refractivity contribution is 0.281. The highest BCUT2D eigenvalue weighted by atomic mass is 16.3. The van der Waals surface area contributed by atoms with Gasteiger partial charge < -0.3 is 10.4 Å². The van der Waals surface area contributed by atoms with Crippen molar-refractivity contribution in [2.24, 2.45) is 11.8 Å². The minimum Gasteiger partial charge on any atom is -0.506 e. The van der Waals surface area contributed by atoms with Crippen LogP contribution >= 0.6 is 0 Å². The Kier molecular flexibility index (Phi) is 4.37. The number of rotatable bonds is 4. The Morgan fingerprint density at radius 3 is 2.71 bits per heavy atom. The lowest BCUT2D eigenvalue weighted by Crippen LogP contribution is -2.26. The molecular weight excluding hydrogens is 212 g/mol. The van der Waals surface area contributed by atoms with Crippen LogP contribution in [0.3, 0.4) is 0 Å². The predicted octanol–water partition coefficient (Wildman–Crippen LogP) is 2.70. The van der Waals surface area contributed by atoms with Gasteiger partial charge in [-0.25, -0.2) is 0 Å². The van der Waals surface area contributed by atoms with Gasteiger partial charge in [0.1, 0.15) is 5.75 Å². The van der Waals surface area contributed by atoms with Gasteiger partial charge in [0.2, 0.25) is 0 Å². The van der Waals surface area contributed by atoms with Crippen molar-refractivity contribution in [3.8, 4) is 5.75 Å². The molecular formula is C14H22N2O. The first-order chi connectivity index (χ1) is 8.24. The van der Waals surface area contributed by atoms with Gasteiger partial charge in [0, 0.05) is 6.54 Å². The molecule has 2 N–H and O–H groups in total. The second kappa shape index (κ2) is 6.01. The third-order valence-electron chi connectivity index (χ3n) is 3.68. The van der Waals surface area contributed by atoms with Crippen LogP contribution in [0, 0.1) is 11.8 Å². The Labute approximate surface area is 103 Å². The fourth-order valence-electron chi connectivity index (χ4n) is 2.46. The van der Waals surface area contributed by atoms with E-state index in [2.05, 4.69) is 17.2 Å². The zero-order valence-electron chi connectivity index (χ0n) is 10.5. The van der Waals surface area contributed by atoms with Crippen LogP contribution in [0.1, 0.15) is 38.3 Å². The summed E-state index contributed by atoms with van der Waals surface area (Å²) in [6, 6.07) is 3.55. The zero-order chi connectivity index (χ0) is 12.1. The first kappa shape index (κ1) is 12.4. The molecule has 1 aliphatic rings. The molecule has 1 aromatic heterocycles. The maximum Gasteiger partial charge on any atom is 0.133 e. The van der Waals surface area contributed by atoms with Crippen molar-refractivity contribution in [2.75, 3.05) is 6.54 Å². The number of nitrogens with zero attached hydrogens (tertiary/aromatic N) is 1. The molecule has 1 fully saturated rings. The number of pyridine rings is 1. The third-order valence-corrected chi connectivity index (χ3v) is 3.68. The van der Waals surface area contributed by atoms with Gasteiger partial charge >= 0.3 is 0 Å². The highest BCUT2D eigenvalue weighted by molar-refractivity contribution is 5.17. The van der Waals surface area contributed by atoms with Gasteiger partial charge in [-0.1, -0.05) is 19.8 Å². The van der Waals surface area contributed by atoms with Gasteiger partial charge in [-0.2, -0.15) is 0 Å². The number of hydrogen-bond acceptors (Lipinski definition) is 3. The smallest absolute Gasteiger partial charge is 0.133 e. The topological polar surface area (TPSA) is 45.1 Å². The zero-order valence-corrected chi connectivity index (χ0v) is 10.5. The summed E-state index contributed by atoms with van der Waals surface area (Å²) in [6.07, 6.45) is 6.97. The lowest BCUT2D eigenvalue weighted by Gasteiger charge is -2.26. The van der Waals surface area contributed by atoms with Crippen molar-refractivity contribution in [3.05, 3.63) is 24.0 Å². The van der Waals surface area contributed by atoms with E-state index >= 15 is 0 Å². The van der Waals surface area contributed by atoms with Crippen molar-refractivity contribution in [2.45, 2.75) is 39.2 Å². The Balaban J connectivity index is 1.67. The van der Waals surface area contributed by atoms with Crippen LogP contribution < -0.4 is 5.32 Å². The molecule has 1 aliphatic carbocycles. The van der Waals surface area contributed by atoms with E-state index in [1.54, 1.807) is 6.07 Å². The largest absolute Gasteiger partial charge is 0.506 e. The summed E-state index contributed by atoms with van der Waals surface area (Å²) >= 11 is 0. The van der Waals surface area contributed by atoms with E-state index in [9.17, 15) is 0 Å². The van der Waals surface area contributed by atoms with E-state index in [-0.39, 0.29) is 5.75 Å². The van der Waals surface area contributed by atoms with E-state index in [0.29, 0.717) is 0 Å². The summed E-state index contributed by atoms with van der Waals surface area (Å²) in [4.78, 5) is 4.16. The van der Waals surface area contributed by atoms with Gasteiger partial charge in [-0.15, -0.1) is 0 Å². The van der Waals surface area contributed by atoms with Crippen LogP contribution in [0.25, 0.3) is 0 Å². The molecule has 0 saturated heterocycles. The standard InChI is InChI=1S/C14H22N2O/c1-11-2-4-12(5-3-11)8-15-9-13-6-7-14(17)10-16-13/h6-7,10-12,15,17H,2-5,8-9H2,1H3. The van der Waals surface area contributed by atoms with Crippen LogP contribution in [0.5, 0.6) is 5.75 Å². The van der Waals surface area contributed by atoms with E-state index in [1.165, 1.54) is 31.9 Å². The summed E-state index contributed by atoms with van der Waals surface area (Å²) in [5.74, 6) is 1.99. The fourth-order valence-corrected chi connectivity index (χ4v) is 2.46. The molecule has 17 heavy (non-hydrogen) atoms. The molecule has 0 aliphatic heterocycles. The normalized spacial score (nSPS) is 24.8. The number of aromatic nitrogens is 1. The second-order valence-electron chi connectivity index (χ2n) is 5.26. The molecule has 0 atom stereocenters. The molecule has 94 valence electrons. The molecule has 3 heteroatoms. The lowest BCUT2D eigenvalue weighted by atomic mass is 9.83. The highest BCUT2D eigenvalue weighted by Crippen LogP contribution is 2.27. The van der Waals surface area contributed by atoms with E-state index in [1.807, 2.05) is 6.07 Å². The SMILES string of the molecule is CC1CCC(CNCc2ccc(O)cn2)CC1. The number of aromatic hydroxyl groups is 1. The van der Waals surface area contributed by atoms with E-state index < -0.39 is 0 Å². The summed E-state index contributed by atoms with van der Waals surface area (Å²) in [5, 5.41) is 12.6. The Morgan fingerprint density at radius 1 is 1.29 bits per heavy atom. The number of hydrogen-bond donors (Lipinski definition) is 2. The molecule has 0 bridgehead atoms. The fraction of sp³-hybridized carbons (Fsp3) is 0.643. The minimum atomic E-state index is 0.231. The van der Waals surface area contributed by atoms with Gasteiger partial charge in [0.05, 0.1) is 11.9 Å². The monoisotopic (exact) mass is 234 g/mol. The molecule has 0 radical (unpaired) electrons. The van der Waals surface area contributed by atoms with Crippen molar-refractivity contribution < 1.29 is 5.11 Å². The van der Waals surface area contributed by atoms with Gasteiger partial charge in [0.15, 0.2) is 0 Å². The van der Waals surface area contributed by atoms with Crippen LogP contribution in [0.2, 0.25) is 0 Å². The Morgan fingerprint density at radius 2 is 2.06 bits per heavy atom. The van der Waals surface area contributed by atoms with Crippen molar-refractivity contribution >= 4 is 0 Å². The van der Waals surface area contributed by atoms with Gasteiger partial charge in [-0.05, 0) is 43.4 Å². The molecule has 0 amide bonds. The van der Waals surface area contributed by atoms with Crippen molar-refractivity contribution in [1.82, 2.24) is 10.3 Å². The molecule has 0 spiro atoms. The van der Waals surface area contributed by atoms with Crippen LogP contribution in [0.15, 0.2) is 18.3 Å². The Hall–Kier alpha value is -1.09. The van der Waals surface area contributed by atoms with E-state index in [4.69, 9.17) is 5.11 Å². The molecule has 3 nitrogen and oxygen atoms in total. The summed E-state index contributed by atoms with van der Waals surface area (Å²) in [5.41, 5.74) is 0.993. The minimum absolute atomic E-state index is 0.231. The average molecular weight is 234 g/mol. The molecule has 1 aromatic rings. The van der Waals surface area contributed by atoms with Gasteiger partial charge in [-0.3, -0.25) is 4.98 Å². The highest BCUT2D eigenvalue weighted by Gasteiger charge is 2.17. The van der Waals surface area contributed by atoms with E-state index in [0.717, 1.165) is 30.6 Å². The molecule has 0 aromatic carbocycles. The number of nitrogens with one attached hydrogen (secondary N) is 1.